The summed E-state index contributed by atoms with van der Waals surface area (Å²) >= 11 is 0. The highest BCUT2D eigenvalue weighted by atomic mass is 32.2. The summed E-state index contributed by atoms with van der Waals surface area (Å²) in [6, 6.07) is 6.03. The standard InChI is InChI=1S/C12H18N2O4S/c1-9(15)10-5-4-6-11(7-10)19(17,18)14(3)8-12(16)13-2/h4-7,9,15H,8H2,1-3H3,(H,13,16). The van der Waals surface area contributed by atoms with Gasteiger partial charge in [0, 0.05) is 14.1 Å². The third-order valence-corrected chi connectivity index (χ3v) is 4.49. The Bertz CT molecular complexity index is 555. The third kappa shape index (κ3) is 3.76. The molecule has 1 unspecified atom stereocenters. The van der Waals surface area contributed by atoms with Gasteiger partial charge in [0.05, 0.1) is 17.5 Å². The number of rotatable bonds is 5. The van der Waals surface area contributed by atoms with E-state index in [1.807, 2.05) is 0 Å². The smallest absolute Gasteiger partial charge is 0.243 e. The highest BCUT2D eigenvalue weighted by molar-refractivity contribution is 7.89. The van der Waals surface area contributed by atoms with Crippen molar-refractivity contribution in [3.8, 4) is 0 Å². The number of benzene rings is 1. The molecule has 0 aliphatic heterocycles. The molecule has 19 heavy (non-hydrogen) atoms. The molecule has 0 fully saturated rings. The number of hydrogen-bond donors (Lipinski definition) is 2. The molecule has 1 atom stereocenters. The number of likely N-dealkylation sites (N-methyl/N-ethyl adjacent to an activating group) is 2. The molecule has 6 nitrogen and oxygen atoms in total. The van der Waals surface area contributed by atoms with E-state index >= 15 is 0 Å². The number of hydrogen-bond acceptors (Lipinski definition) is 4. The Hall–Kier alpha value is -1.44. The lowest BCUT2D eigenvalue weighted by Crippen LogP contribution is -2.36. The summed E-state index contributed by atoms with van der Waals surface area (Å²) in [5.74, 6) is -0.391. The number of carbonyl (C=O) groups excluding carboxylic acids is 1. The molecule has 7 heteroatoms. The fourth-order valence-electron chi connectivity index (χ4n) is 1.48. The summed E-state index contributed by atoms with van der Waals surface area (Å²) in [7, 11) is -0.964. The summed E-state index contributed by atoms with van der Waals surface area (Å²) in [5.41, 5.74) is 0.509. The Morgan fingerprint density at radius 3 is 2.63 bits per heavy atom. The van der Waals surface area contributed by atoms with Gasteiger partial charge in [-0.15, -0.1) is 0 Å². The second-order valence-electron chi connectivity index (χ2n) is 4.18. The van der Waals surface area contributed by atoms with Gasteiger partial charge in [0.15, 0.2) is 0 Å². The molecule has 0 saturated carbocycles. The van der Waals surface area contributed by atoms with Crippen molar-refractivity contribution in [2.24, 2.45) is 0 Å². The maximum Gasteiger partial charge on any atom is 0.243 e. The summed E-state index contributed by atoms with van der Waals surface area (Å²) < 4.78 is 25.4. The van der Waals surface area contributed by atoms with Gasteiger partial charge in [-0.3, -0.25) is 4.79 Å². The third-order valence-electron chi connectivity index (χ3n) is 2.69. The quantitative estimate of drug-likeness (QED) is 0.804. The van der Waals surface area contributed by atoms with Crippen LogP contribution < -0.4 is 5.32 Å². The Labute approximate surface area is 113 Å². The van der Waals surface area contributed by atoms with Crippen molar-refractivity contribution >= 4 is 15.9 Å². The van der Waals surface area contributed by atoms with Gasteiger partial charge in [-0.25, -0.2) is 8.42 Å². The van der Waals surface area contributed by atoms with Crippen molar-refractivity contribution in [3.05, 3.63) is 29.8 Å². The van der Waals surface area contributed by atoms with E-state index in [4.69, 9.17) is 0 Å². The van der Waals surface area contributed by atoms with Crippen molar-refractivity contribution in [3.63, 3.8) is 0 Å². The van der Waals surface area contributed by atoms with Crippen LogP contribution in [0.3, 0.4) is 0 Å². The molecule has 0 saturated heterocycles. The second kappa shape index (κ2) is 6.14. The van der Waals surface area contributed by atoms with E-state index in [9.17, 15) is 18.3 Å². The molecular formula is C12H18N2O4S. The molecule has 1 amide bonds. The van der Waals surface area contributed by atoms with E-state index < -0.39 is 22.0 Å². The molecule has 1 aromatic rings. The monoisotopic (exact) mass is 286 g/mol. The van der Waals surface area contributed by atoms with Gasteiger partial charge in [-0.05, 0) is 24.6 Å². The number of amides is 1. The van der Waals surface area contributed by atoms with Gasteiger partial charge in [0.25, 0.3) is 0 Å². The number of aliphatic hydroxyl groups is 1. The van der Waals surface area contributed by atoms with Crippen molar-refractivity contribution in [2.75, 3.05) is 20.6 Å². The molecule has 106 valence electrons. The van der Waals surface area contributed by atoms with Crippen LogP contribution >= 0.6 is 0 Å². The Morgan fingerprint density at radius 2 is 2.11 bits per heavy atom. The first kappa shape index (κ1) is 15.6. The van der Waals surface area contributed by atoms with Gasteiger partial charge < -0.3 is 10.4 Å². The molecule has 0 spiro atoms. The van der Waals surface area contributed by atoms with E-state index in [1.54, 1.807) is 19.1 Å². The minimum absolute atomic E-state index is 0.0531. The summed E-state index contributed by atoms with van der Waals surface area (Å²) in [5, 5.41) is 11.8. The topological polar surface area (TPSA) is 86.7 Å². The predicted molar refractivity (Wildman–Crippen MR) is 71.0 cm³/mol. The van der Waals surface area contributed by atoms with Gasteiger partial charge in [0.2, 0.25) is 15.9 Å². The summed E-state index contributed by atoms with van der Waals surface area (Å²) in [4.78, 5) is 11.3. The summed E-state index contributed by atoms with van der Waals surface area (Å²) in [6.07, 6.45) is -0.751. The fraction of sp³-hybridized carbons (Fsp3) is 0.417. The fourth-order valence-corrected chi connectivity index (χ4v) is 2.66. The van der Waals surface area contributed by atoms with Crippen LogP contribution in [-0.4, -0.2) is 44.4 Å². The average molecular weight is 286 g/mol. The lowest BCUT2D eigenvalue weighted by Gasteiger charge is -2.17. The number of aliphatic hydroxyl groups excluding tert-OH is 1. The van der Waals surface area contributed by atoms with Crippen LogP contribution in [0, 0.1) is 0 Å². The zero-order chi connectivity index (χ0) is 14.6. The zero-order valence-electron chi connectivity index (χ0n) is 11.1. The molecule has 1 aromatic carbocycles. The average Bonchev–Trinajstić information content (AvgIpc) is 2.38. The molecule has 2 N–H and O–H groups in total. The first-order valence-electron chi connectivity index (χ1n) is 5.74. The van der Waals surface area contributed by atoms with Crippen molar-refractivity contribution < 1.29 is 18.3 Å². The van der Waals surface area contributed by atoms with E-state index in [-0.39, 0.29) is 11.4 Å². The van der Waals surface area contributed by atoms with Gasteiger partial charge >= 0.3 is 0 Å². The molecule has 0 heterocycles. The van der Waals surface area contributed by atoms with Crippen LogP contribution in [-0.2, 0) is 14.8 Å². The molecule has 0 aliphatic rings. The minimum Gasteiger partial charge on any atom is -0.389 e. The van der Waals surface area contributed by atoms with E-state index in [1.165, 1.54) is 26.2 Å². The largest absolute Gasteiger partial charge is 0.389 e. The number of nitrogens with zero attached hydrogens (tertiary/aromatic N) is 1. The first-order chi connectivity index (χ1) is 8.78. The van der Waals surface area contributed by atoms with Crippen molar-refractivity contribution in [1.29, 1.82) is 0 Å². The van der Waals surface area contributed by atoms with Crippen LogP contribution in [0.5, 0.6) is 0 Å². The molecule has 0 radical (unpaired) electrons. The number of sulfonamides is 1. The molecular weight excluding hydrogens is 268 g/mol. The Balaban J connectivity index is 3.06. The highest BCUT2D eigenvalue weighted by Crippen LogP contribution is 2.19. The molecule has 0 bridgehead atoms. The van der Waals surface area contributed by atoms with Gasteiger partial charge in [0.1, 0.15) is 0 Å². The molecule has 0 aliphatic carbocycles. The molecule has 1 rings (SSSR count). The van der Waals surface area contributed by atoms with Crippen LogP contribution in [0.2, 0.25) is 0 Å². The van der Waals surface area contributed by atoms with Crippen LogP contribution in [0.25, 0.3) is 0 Å². The van der Waals surface area contributed by atoms with E-state index in [0.717, 1.165) is 4.31 Å². The lowest BCUT2D eigenvalue weighted by molar-refractivity contribution is -0.120. The van der Waals surface area contributed by atoms with E-state index in [0.29, 0.717) is 5.56 Å². The van der Waals surface area contributed by atoms with Gasteiger partial charge in [-0.1, -0.05) is 12.1 Å². The highest BCUT2D eigenvalue weighted by Gasteiger charge is 2.23. The Morgan fingerprint density at radius 1 is 1.47 bits per heavy atom. The van der Waals surface area contributed by atoms with Crippen molar-refractivity contribution in [1.82, 2.24) is 9.62 Å². The zero-order valence-corrected chi connectivity index (χ0v) is 11.9. The van der Waals surface area contributed by atoms with Crippen LogP contribution in [0.4, 0.5) is 0 Å². The van der Waals surface area contributed by atoms with Crippen LogP contribution in [0.1, 0.15) is 18.6 Å². The summed E-state index contributed by atoms with van der Waals surface area (Å²) in [6.45, 7) is 1.30. The SMILES string of the molecule is CNC(=O)CN(C)S(=O)(=O)c1cccc(C(C)O)c1. The number of nitrogens with one attached hydrogen (secondary N) is 1. The maximum atomic E-state index is 12.2. The minimum atomic E-state index is -3.74. The van der Waals surface area contributed by atoms with Crippen molar-refractivity contribution in [2.45, 2.75) is 17.9 Å². The molecule has 0 aromatic heterocycles. The normalized spacial score (nSPS) is 13.3. The lowest BCUT2D eigenvalue weighted by atomic mass is 10.1. The second-order valence-corrected chi connectivity index (χ2v) is 6.23. The maximum absolute atomic E-state index is 12.2. The Kier molecular flexibility index (Phi) is 5.04. The van der Waals surface area contributed by atoms with E-state index in [2.05, 4.69) is 5.32 Å². The first-order valence-corrected chi connectivity index (χ1v) is 7.18. The number of carbonyl (C=O) groups is 1. The predicted octanol–water partition coefficient (Wildman–Crippen LogP) is 0.106. The van der Waals surface area contributed by atoms with Crippen LogP contribution in [0.15, 0.2) is 29.2 Å². The van der Waals surface area contributed by atoms with Gasteiger partial charge in [-0.2, -0.15) is 4.31 Å².